The van der Waals surface area contributed by atoms with Crippen LogP contribution in [0.1, 0.15) is 12.8 Å². The third kappa shape index (κ3) is 3.98. The second-order valence-electron chi connectivity index (χ2n) is 3.07. The largest absolute Gasteiger partial charge is 0.481 e. The van der Waals surface area contributed by atoms with Crippen molar-refractivity contribution in [2.24, 2.45) is 0 Å². The summed E-state index contributed by atoms with van der Waals surface area (Å²) in [6.45, 7) is 0. The van der Waals surface area contributed by atoms with Crippen molar-refractivity contribution < 1.29 is 19.1 Å². The van der Waals surface area contributed by atoms with Crippen LogP contribution in [0, 0.1) is 5.82 Å². The molecule has 1 amide bonds. The number of benzene rings is 1. The molecule has 86 valence electrons. The molecule has 0 saturated heterocycles. The first-order chi connectivity index (χ1) is 7.49. The number of nitrogens with one attached hydrogen (secondary N) is 1. The molecule has 0 saturated carbocycles. The average Bonchev–Trinajstić information content (AvgIpc) is 2.20. The van der Waals surface area contributed by atoms with Gasteiger partial charge >= 0.3 is 5.97 Å². The van der Waals surface area contributed by atoms with Crippen molar-refractivity contribution in [1.29, 1.82) is 0 Å². The summed E-state index contributed by atoms with van der Waals surface area (Å²) in [6, 6.07) is 4.12. The fourth-order valence-electron chi connectivity index (χ4n) is 1.03. The van der Waals surface area contributed by atoms with E-state index in [4.69, 9.17) is 5.11 Å². The van der Waals surface area contributed by atoms with Crippen molar-refractivity contribution in [3.63, 3.8) is 0 Å². The van der Waals surface area contributed by atoms with Gasteiger partial charge in [0.15, 0.2) is 0 Å². The zero-order chi connectivity index (χ0) is 12.1. The maximum atomic E-state index is 13.2. The Morgan fingerprint density at radius 3 is 2.69 bits per heavy atom. The van der Waals surface area contributed by atoms with Gasteiger partial charge in [-0.3, -0.25) is 9.59 Å². The van der Waals surface area contributed by atoms with Crippen molar-refractivity contribution in [2.45, 2.75) is 12.8 Å². The predicted octanol–water partition coefficient (Wildman–Crippen LogP) is 2.39. The van der Waals surface area contributed by atoms with Crippen molar-refractivity contribution in [3.05, 3.63) is 28.5 Å². The van der Waals surface area contributed by atoms with Crippen LogP contribution in [0.4, 0.5) is 10.1 Å². The number of aliphatic carboxylic acids is 1. The Bertz CT molecular complexity index is 423. The molecule has 16 heavy (non-hydrogen) atoms. The molecule has 0 aliphatic carbocycles. The Balaban J connectivity index is 2.62. The summed E-state index contributed by atoms with van der Waals surface area (Å²) in [4.78, 5) is 21.4. The Hall–Kier alpha value is -1.43. The first-order valence-electron chi connectivity index (χ1n) is 4.45. The minimum absolute atomic E-state index is 0.0322. The van der Waals surface area contributed by atoms with Crippen LogP contribution in [0.15, 0.2) is 22.7 Å². The van der Waals surface area contributed by atoms with Crippen LogP contribution in [0.2, 0.25) is 0 Å². The Morgan fingerprint density at radius 2 is 2.06 bits per heavy atom. The molecule has 0 unspecified atom stereocenters. The van der Waals surface area contributed by atoms with Crippen LogP contribution in [-0.4, -0.2) is 17.0 Å². The summed E-state index contributed by atoms with van der Waals surface area (Å²) in [6.07, 6.45) is -0.456. The van der Waals surface area contributed by atoms with Gasteiger partial charge in [0.25, 0.3) is 0 Å². The van der Waals surface area contributed by atoms with Gasteiger partial charge in [0.1, 0.15) is 5.82 Å². The number of carbonyl (C=O) groups is 2. The number of carbonyl (C=O) groups excluding carboxylic acids is 1. The number of rotatable bonds is 4. The molecule has 1 aromatic carbocycles. The van der Waals surface area contributed by atoms with Gasteiger partial charge < -0.3 is 10.4 Å². The molecular formula is C10H9BrFNO3. The van der Waals surface area contributed by atoms with E-state index < -0.39 is 17.7 Å². The summed E-state index contributed by atoms with van der Waals surface area (Å²) in [7, 11) is 0. The highest BCUT2D eigenvalue weighted by atomic mass is 79.9. The van der Waals surface area contributed by atoms with Crippen LogP contribution >= 0.6 is 15.9 Å². The minimum atomic E-state index is -1.06. The summed E-state index contributed by atoms with van der Waals surface area (Å²) in [5.74, 6) is -2.16. The lowest BCUT2D eigenvalue weighted by Gasteiger charge is -2.05. The molecule has 1 rings (SSSR count). The Morgan fingerprint density at radius 1 is 1.38 bits per heavy atom. The first-order valence-corrected chi connectivity index (χ1v) is 5.25. The van der Waals surface area contributed by atoms with Gasteiger partial charge in [-0.2, -0.15) is 0 Å². The van der Waals surface area contributed by atoms with Gasteiger partial charge in [0.2, 0.25) is 5.91 Å². The van der Waals surface area contributed by atoms with Crippen LogP contribution in [0.3, 0.4) is 0 Å². The fourth-order valence-corrected chi connectivity index (χ4v) is 1.39. The predicted molar refractivity (Wildman–Crippen MR) is 59.6 cm³/mol. The highest BCUT2D eigenvalue weighted by Gasteiger charge is 2.09. The standard InChI is InChI=1S/C10H9BrFNO3/c11-6-1-2-7(12)8(5-6)13-9(14)3-4-10(15)16/h1-2,5H,3-4H2,(H,13,14)(H,15,16). The van der Waals surface area contributed by atoms with Crippen LogP contribution in [-0.2, 0) is 9.59 Å². The third-order valence-electron chi connectivity index (χ3n) is 1.77. The summed E-state index contributed by atoms with van der Waals surface area (Å²) >= 11 is 3.14. The lowest BCUT2D eigenvalue weighted by molar-refractivity contribution is -0.138. The molecule has 0 fully saturated rings. The molecule has 0 heterocycles. The van der Waals surface area contributed by atoms with Crippen LogP contribution in [0.25, 0.3) is 0 Å². The molecule has 0 aliphatic rings. The number of hydrogen-bond donors (Lipinski definition) is 2. The molecule has 4 nitrogen and oxygen atoms in total. The zero-order valence-corrected chi connectivity index (χ0v) is 9.75. The smallest absolute Gasteiger partial charge is 0.303 e. The van der Waals surface area contributed by atoms with Crippen LogP contribution < -0.4 is 5.32 Å². The van der Waals surface area contributed by atoms with Gasteiger partial charge in [0, 0.05) is 10.9 Å². The number of carboxylic acids is 1. The van der Waals surface area contributed by atoms with E-state index in [1.165, 1.54) is 18.2 Å². The second kappa shape index (κ2) is 5.60. The number of amides is 1. The molecule has 0 aromatic heterocycles. The lowest BCUT2D eigenvalue weighted by Crippen LogP contribution is -2.14. The Labute approximate surface area is 99.6 Å². The van der Waals surface area contributed by atoms with Gasteiger partial charge in [-0.05, 0) is 18.2 Å². The van der Waals surface area contributed by atoms with Crippen molar-refractivity contribution in [1.82, 2.24) is 0 Å². The monoisotopic (exact) mass is 289 g/mol. The van der Waals surface area contributed by atoms with Crippen molar-refractivity contribution >= 4 is 33.5 Å². The van der Waals surface area contributed by atoms with Gasteiger partial charge in [-0.25, -0.2) is 4.39 Å². The normalized spacial score (nSPS) is 9.88. The van der Waals surface area contributed by atoms with Crippen LogP contribution in [0.5, 0.6) is 0 Å². The number of hydrogen-bond acceptors (Lipinski definition) is 2. The van der Waals surface area contributed by atoms with E-state index in [0.29, 0.717) is 4.47 Å². The van der Waals surface area contributed by atoms with Gasteiger partial charge in [-0.15, -0.1) is 0 Å². The number of carboxylic acid groups (broad SMARTS) is 1. The van der Waals surface area contributed by atoms with E-state index in [-0.39, 0.29) is 18.5 Å². The molecule has 0 bridgehead atoms. The van der Waals surface area contributed by atoms with E-state index in [0.717, 1.165) is 0 Å². The maximum Gasteiger partial charge on any atom is 0.303 e. The molecule has 0 spiro atoms. The third-order valence-corrected chi connectivity index (χ3v) is 2.26. The van der Waals surface area contributed by atoms with Crippen molar-refractivity contribution in [3.8, 4) is 0 Å². The summed E-state index contributed by atoms with van der Waals surface area (Å²) in [5.41, 5.74) is 0.0322. The van der Waals surface area contributed by atoms with E-state index in [1.54, 1.807) is 0 Å². The minimum Gasteiger partial charge on any atom is -0.481 e. The molecule has 6 heteroatoms. The quantitative estimate of drug-likeness (QED) is 0.894. The average molecular weight is 290 g/mol. The number of halogens is 2. The van der Waals surface area contributed by atoms with E-state index >= 15 is 0 Å². The molecule has 0 aliphatic heterocycles. The van der Waals surface area contributed by atoms with Gasteiger partial charge in [-0.1, -0.05) is 15.9 Å². The number of anilines is 1. The summed E-state index contributed by atoms with van der Waals surface area (Å²) in [5, 5.41) is 10.7. The SMILES string of the molecule is O=C(O)CCC(=O)Nc1cc(Br)ccc1F. The molecule has 1 aromatic rings. The Kier molecular flexibility index (Phi) is 4.42. The van der Waals surface area contributed by atoms with E-state index in [1.807, 2.05) is 0 Å². The molecular weight excluding hydrogens is 281 g/mol. The van der Waals surface area contributed by atoms with E-state index in [9.17, 15) is 14.0 Å². The molecule has 2 N–H and O–H groups in total. The highest BCUT2D eigenvalue weighted by molar-refractivity contribution is 9.10. The lowest BCUT2D eigenvalue weighted by atomic mass is 10.2. The topological polar surface area (TPSA) is 66.4 Å². The molecule has 0 atom stereocenters. The first kappa shape index (κ1) is 12.6. The summed E-state index contributed by atoms with van der Waals surface area (Å²) < 4.78 is 13.8. The second-order valence-corrected chi connectivity index (χ2v) is 3.98. The maximum absolute atomic E-state index is 13.2. The highest BCUT2D eigenvalue weighted by Crippen LogP contribution is 2.20. The molecule has 0 radical (unpaired) electrons. The van der Waals surface area contributed by atoms with Crippen molar-refractivity contribution in [2.75, 3.05) is 5.32 Å². The van der Waals surface area contributed by atoms with Gasteiger partial charge in [0.05, 0.1) is 12.1 Å². The van der Waals surface area contributed by atoms with E-state index in [2.05, 4.69) is 21.2 Å². The fraction of sp³-hybridized carbons (Fsp3) is 0.200. The zero-order valence-electron chi connectivity index (χ0n) is 8.17.